The summed E-state index contributed by atoms with van der Waals surface area (Å²) < 4.78 is 22.6. The maximum Gasteiger partial charge on any atom is 0.150 e. The van der Waals surface area contributed by atoms with E-state index in [0.29, 0.717) is 12.3 Å². The molecule has 0 aliphatic heterocycles. The lowest BCUT2D eigenvalue weighted by molar-refractivity contribution is 0.127. The van der Waals surface area contributed by atoms with Crippen molar-refractivity contribution in [2.45, 2.75) is 39.2 Å². The molecule has 1 aliphatic rings. The molecule has 1 fully saturated rings. The average Bonchev–Trinajstić information content (AvgIpc) is 2.45. The van der Waals surface area contributed by atoms with Crippen LogP contribution >= 0.6 is 0 Å². The van der Waals surface area contributed by atoms with Crippen LogP contribution in [0.3, 0.4) is 0 Å². The second-order valence-corrected chi connectivity index (χ2v) is 6.76. The van der Waals surface area contributed by atoms with E-state index in [1.54, 1.807) is 6.92 Å². The van der Waals surface area contributed by atoms with E-state index in [1.165, 1.54) is 0 Å². The summed E-state index contributed by atoms with van der Waals surface area (Å²) in [7, 11) is -2.83. The van der Waals surface area contributed by atoms with Crippen LogP contribution in [-0.4, -0.2) is 31.1 Å². The summed E-state index contributed by atoms with van der Waals surface area (Å²) in [4.78, 5) is 0. The van der Waals surface area contributed by atoms with Crippen molar-refractivity contribution in [3.05, 3.63) is 0 Å². The molecule has 3 atom stereocenters. The predicted octanol–water partition coefficient (Wildman–Crippen LogP) is 1.22. The first-order valence-electron chi connectivity index (χ1n) is 5.34. The van der Waals surface area contributed by atoms with Crippen molar-refractivity contribution < 1.29 is 13.5 Å². The monoisotopic (exact) mass is 220 g/mol. The molecular weight excluding hydrogens is 200 g/mol. The standard InChI is InChI=1S/C10H20O3S/c1-3-14(12,13)7-6-9-4-5-10(11)8(9)2/h8-11H,3-7H2,1-2H3. The molecule has 0 amide bonds. The van der Waals surface area contributed by atoms with E-state index in [0.717, 1.165) is 12.8 Å². The number of aliphatic hydroxyl groups is 1. The first-order valence-corrected chi connectivity index (χ1v) is 7.17. The van der Waals surface area contributed by atoms with Crippen LogP contribution < -0.4 is 0 Å². The fourth-order valence-corrected chi connectivity index (χ4v) is 3.06. The van der Waals surface area contributed by atoms with Crippen LogP contribution in [0, 0.1) is 11.8 Å². The molecule has 1 rings (SSSR count). The van der Waals surface area contributed by atoms with Gasteiger partial charge in [-0.1, -0.05) is 13.8 Å². The minimum absolute atomic E-state index is 0.218. The third-order valence-electron chi connectivity index (χ3n) is 3.42. The van der Waals surface area contributed by atoms with Gasteiger partial charge in [-0.15, -0.1) is 0 Å². The van der Waals surface area contributed by atoms with Crippen molar-refractivity contribution in [3.63, 3.8) is 0 Å². The second-order valence-electron chi connectivity index (χ2n) is 4.29. The lowest BCUT2D eigenvalue weighted by Gasteiger charge is -2.16. The van der Waals surface area contributed by atoms with Gasteiger partial charge in [0, 0.05) is 5.75 Å². The van der Waals surface area contributed by atoms with E-state index in [9.17, 15) is 13.5 Å². The van der Waals surface area contributed by atoms with Crippen molar-refractivity contribution >= 4 is 9.84 Å². The Morgan fingerprint density at radius 1 is 1.36 bits per heavy atom. The fourth-order valence-electron chi connectivity index (χ4n) is 2.11. The van der Waals surface area contributed by atoms with Crippen molar-refractivity contribution in [3.8, 4) is 0 Å². The largest absolute Gasteiger partial charge is 0.393 e. The maximum absolute atomic E-state index is 11.3. The van der Waals surface area contributed by atoms with E-state index in [4.69, 9.17) is 0 Å². The van der Waals surface area contributed by atoms with E-state index in [-0.39, 0.29) is 23.5 Å². The summed E-state index contributed by atoms with van der Waals surface area (Å²) in [5.41, 5.74) is 0. The van der Waals surface area contributed by atoms with E-state index >= 15 is 0 Å². The van der Waals surface area contributed by atoms with Gasteiger partial charge in [-0.3, -0.25) is 0 Å². The molecule has 3 nitrogen and oxygen atoms in total. The normalized spacial score (nSPS) is 33.5. The quantitative estimate of drug-likeness (QED) is 0.775. The molecule has 0 aromatic rings. The maximum atomic E-state index is 11.3. The van der Waals surface area contributed by atoms with Crippen LogP contribution in [0.15, 0.2) is 0 Å². The predicted molar refractivity (Wildman–Crippen MR) is 56.8 cm³/mol. The zero-order chi connectivity index (χ0) is 10.8. The van der Waals surface area contributed by atoms with Crippen LogP contribution in [0.1, 0.15) is 33.1 Å². The van der Waals surface area contributed by atoms with Gasteiger partial charge in [0.2, 0.25) is 0 Å². The highest BCUT2D eigenvalue weighted by Gasteiger charge is 2.31. The molecule has 1 saturated carbocycles. The highest BCUT2D eigenvalue weighted by molar-refractivity contribution is 7.91. The zero-order valence-corrected chi connectivity index (χ0v) is 9.76. The van der Waals surface area contributed by atoms with Gasteiger partial charge in [-0.05, 0) is 31.1 Å². The molecule has 1 N–H and O–H groups in total. The molecule has 1 aliphatic carbocycles. The van der Waals surface area contributed by atoms with Gasteiger partial charge in [0.25, 0.3) is 0 Å². The number of rotatable bonds is 4. The molecule has 0 radical (unpaired) electrons. The van der Waals surface area contributed by atoms with E-state index in [1.807, 2.05) is 6.92 Å². The summed E-state index contributed by atoms with van der Waals surface area (Å²) in [6.07, 6.45) is 2.30. The zero-order valence-electron chi connectivity index (χ0n) is 8.94. The van der Waals surface area contributed by atoms with E-state index in [2.05, 4.69) is 0 Å². The van der Waals surface area contributed by atoms with Crippen LogP contribution in [0.4, 0.5) is 0 Å². The number of hydrogen-bond acceptors (Lipinski definition) is 3. The molecule has 0 aromatic heterocycles. The minimum atomic E-state index is -2.83. The summed E-state index contributed by atoms with van der Waals surface area (Å²) >= 11 is 0. The lowest BCUT2D eigenvalue weighted by Crippen LogP contribution is -2.18. The highest BCUT2D eigenvalue weighted by Crippen LogP contribution is 2.34. The van der Waals surface area contributed by atoms with Gasteiger partial charge >= 0.3 is 0 Å². The molecule has 14 heavy (non-hydrogen) atoms. The Kier molecular flexibility index (Phi) is 3.95. The van der Waals surface area contributed by atoms with Gasteiger partial charge < -0.3 is 5.11 Å². The van der Waals surface area contributed by atoms with Crippen LogP contribution in [-0.2, 0) is 9.84 Å². The van der Waals surface area contributed by atoms with Gasteiger partial charge in [0.05, 0.1) is 11.9 Å². The Balaban J connectivity index is 2.40. The molecule has 84 valence electrons. The van der Waals surface area contributed by atoms with E-state index < -0.39 is 9.84 Å². The minimum Gasteiger partial charge on any atom is -0.393 e. The van der Waals surface area contributed by atoms with Crippen molar-refractivity contribution in [1.29, 1.82) is 0 Å². The SMILES string of the molecule is CCS(=O)(=O)CCC1CCC(O)C1C. The smallest absolute Gasteiger partial charge is 0.150 e. The lowest BCUT2D eigenvalue weighted by atomic mass is 9.95. The fraction of sp³-hybridized carbons (Fsp3) is 1.00. The third-order valence-corrected chi connectivity index (χ3v) is 5.16. The third kappa shape index (κ3) is 2.95. The van der Waals surface area contributed by atoms with Crippen LogP contribution in [0.5, 0.6) is 0 Å². The Morgan fingerprint density at radius 3 is 2.43 bits per heavy atom. The average molecular weight is 220 g/mol. The number of aliphatic hydroxyl groups excluding tert-OH is 1. The second kappa shape index (κ2) is 4.62. The van der Waals surface area contributed by atoms with Gasteiger partial charge in [0.1, 0.15) is 9.84 Å². The molecule has 0 heterocycles. The first kappa shape index (κ1) is 12.0. The Hall–Kier alpha value is -0.0900. The first-order chi connectivity index (χ1) is 6.46. The number of hydrogen-bond donors (Lipinski definition) is 1. The Bertz CT molecular complexity index is 271. The molecular formula is C10H20O3S. The molecule has 0 saturated heterocycles. The molecule has 4 heteroatoms. The summed E-state index contributed by atoms with van der Waals surface area (Å²) in [6, 6.07) is 0. The Morgan fingerprint density at radius 2 is 2.00 bits per heavy atom. The van der Waals surface area contributed by atoms with Crippen LogP contribution in [0.25, 0.3) is 0 Å². The molecule has 0 aromatic carbocycles. The van der Waals surface area contributed by atoms with Crippen molar-refractivity contribution in [1.82, 2.24) is 0 Å². The summed E-state index contributed by atoms with van der Waals surface area (Å²) in [5.74, 6) is 1.18. The number of sulfone groups is 1. The van der Waals surface area contributed by atoms with Crippen molar-refractivity contribution in [2.24, 2.45) is 11.8 Å². The van der Waals surface area contributed by atoms with Gasteiger partial charge in [-0.25, -0.2) is 8.42 Å². The molecule has 0 bridgehead atoms. The Labute approximate surface area is 86.4 Å². The van der Waals surface area contributed by atoms with Gasteiger partial charge in [0.15, 0.2) is 0 Å². The summed E-state index contributed by atoms with van der Waals surface area (Å²) in [5, 5.41) is 9.51. The summed E-state index contributed by atoms with van der Waals surface area (Å²) in [6.45, 7) is 3.70. The van der Waals surface area contributed by atoms with Gasteiger partial charge in [-0.2, -0.15) is 0 Å². The van der Waals surface area contributed by atoms with Crippen LogP contribution in [0.2, 0.25) is 0 Å². The topological polar surface area (TPSA) is 54.4 Å². The molecule has 3 unspecified atom stereocenters. The highest BCUT2D eigenvalue weighted by atomic mass is 32.2. The molecule has 0 spiro atoms. The van der Waals surface area contributed by atoms with Crippen molar-refractivity contribution in [2.75, 3.05) is 11.5 Å².